The summed E-state index contributed by atoms with van der Waals surface area (Å²) in [6.45, 7) is 2.57. The number of anilines is 1. The van der Waals surface area contributed by atoms with Crippen molar-refractivity contribution in [1.82, 2.24) is 5.32 Å². The van der Waals surface area contributed by atoms with Crippen LogP contribution >= 0.6 is 0 Å². The van der Waals surface area contributed by atoms with E-state index in [1.807, 2.05) is 6.92 Å². The predicted molar refractivity (Wildman–Crippen MR) is 77.4 cm³/mol. The second-order valence-electron chi connectivity index (χ2n) is 4.31. The molecule has 0 spiro atoms. The van der Waals surface area contributed by atoms with Gasteiger partial charge < -0.3 is 19.8 Å². The Morgan fingerprint density at radius 1 is 1.29 bits per heavy atom. The normalized spacial score (nSPS) is 9.95. The van der Waals surface area contributed by atoms with Crippen LogP contribution in [-0.4, -0.2) is 18.5 Å². The number of urea groups is 1. The minimum atomic E-state index is -0.517. The Bertz CT molecular complexity index is 608. The molecular weight excluding hydrogens is 272 g/mol. The highest BCUT2D eigenvalue weighted by Crippen LogP contribution is 2.18. The molecule has 0 radical (unpaired) electrons. The molecule has 2 rings (SSSR count). The lowest BCUT2D eigenvalue weighted by Gasteiger charge is -2.08. The van der Waals surface area contributed by atoms with Gasteiger partial charge in [0.2, 0.25) is 0 Å². The maximum atomic E-state index is 11.8. The van der Waals surface area contributed by atoms with E-state index in [0.29, 0.717) is 23.5 Å². The van der Waals surface area contributed by atoms with Gasteiger partial charge in [-0.15, -0.1) is 0 Å². The molecule has 0 fully saturated rings. The van der Waals surface area contributed by atoms with E-state index < -0.39 is 5.97 Å². The zero-order valence-corrected chi connectivity index (χ0v) is 11.6. The number of carbonyl (C=O) groups excluding carboxylic acids is 2. The molecule has 110 valence electrons. The zero-order chi connectivity index (χ0) is 15.1. The van der Waals surface area contributed by atoms with Crippen molar-refractivity contribution in [1.29, 1.82) is 0 Å². The van der Waals surface area contributed by atoms with E-state index in [-0.39, 0.29) is 6.03 Å². The molecule has 0 saturated heterocycles. The lowest BCUT2D eigenvalue weighted by atomic mass is 10.3. The SMILES string of the molecule is CCCNC(=O)Nc1cccc(OC(=O)c2ccoc2)c1. The van der Waals surface area contributed by atoms with E-state index in [0.717, 1.165) is 6.42 Å². The molecule has 1 heterocycles. The van der Waals surface area contributed by atoms with Gasteiger partial charge in [0.1, 0.15) is 12.0 Å². The van der Waals surface area contributed by atoms with Crippen molar-refractivity contribution >= 4 is 17.7 Å². The lowest BCUT2D eigenvalue weighted by Crippen LogP contribution is -2.29. The number of hydrogen-bond acceptors (Lipinski definition) is 4. The first kappa shape index (κ1) is 14.6. The van der Waals surface area contributed by atoms with Gasteiger partial charge in [-0.1, -0.05) is 13.0 Å². The number of amides is 2. The molecule has 0 saturated carbocycles. The van der Waals surface area contributed by atoms with Gasteiger partial charge in [0.15, 0.2) is 0 Å². The Labute approximate surface area is 122 Å². The van der Waals surface area contributed by atoms with Crippen LogP contribution in [0.4, 0.5) is 10.5 Å². The number of benzene rings is 1. The topological polar surface area (TPSA) is 80.6 Å². The molecule has 6 heteroatoms. The molecule has 0 atom stereocenters. The predicted octanol–water partition coefficient (Wildman–Crippen LogP) is 3.03. The Hall–Kier alpha value is -2.76. The summed E-state index contributed by atoms with van der Waals surface area (Å²) < 4.78 is 10.0. The van der Waals surface area contributed by atoms with Crippen LogP contribution < -0.4 is 15.4 Å². The number of rotatable bonds is 5. The fraction of sp³-hybridized carbons (Fsp3) is 0.200. The first-order valence-corrected chi connectivity index (χ1v) is 6.58. The summed E-state index contributed by atoms with van der Waals surface area (Å²) in [4.78, 5) is 23.3. The summed E-state index contributed by atoms with van der Waals surface area (Å²) in [6, 6.07) is 7.82. The van der Waals surface area contributed by atoms with Gasteiger partial charge in [0.25, 0.3) is 0 Å². The van der Waals surface area contributed by atoms with Crippen molar-refractivity contribution in [2.45, 2.75) is 13.3 Å². The van der Waals surface area contributed by atoms with Crippen molar-refractivity contribution in [2.24, 2.45) is 0 Å². The number of carbonyl (C=O) groups is 2. The van der Waals surface area contributed by atoms with E-state index in [4.69, 9.17) is 9.15 Å². The molecule has 0 aliphatic carbocycles. The first-order valence-electron chi connectivity index (χ1n) is 6.58. The lowest BCUT2D eigenvalue weighted by molar-refractivity contribution is 0.0734. The van der Waals surface area contributed by atoms with Crippen LogP contribution in [0.25, 0.3) is 0 Å². The summed E-state index contributed by atoms with van der Waals surface area (Å²) in [5.74, 6) is -0.175. The zero-order valence-electron chi connectivity index (χ0n) is 11.6. The van der Waals surface area contributed by atoms with Crippen molar-refractivity contribution in [3.63, 3.8) is 0 Å². The smallest absolute Gasteiger partial charge is 0.346 e. The van der Waals surface area contributed by atoms with E-state index in [2.05, 4.69) is 10.6 Å². The maximum Gasteiger partial charge on any atom is 0.346 e. The van der Waals surface area contributed by atoms with E-state index >= 15 is 0 Å². The highest BCUT2D eigenvalue weighted by atomic mass is 16.5. The molecule has 21 heavy (non-hydrogen) atoms. The summed E-state index contributed by atoms with van der Waals surface area (Å²) in [5, 5.41) is 5.36. The number of ether oxygens (including phenoxy) is 1. The van der Waals surface area contributed by atoms with Gasteiger partial charge in [0, 0.05) is 18.3 Å². The highest BCUT2D eigenvalue weighted by molar-refractivity contribution is 5.91. The van der Waals surface area contributed by atoms with E-state index in [1.54, 1.807) is 24.3 Å². The first-order chi connectivity index (χ1) is 10.2. The average Bonchev–Trinajstić information content (AvgIpc) is 3.00. The summed E-state index contributed by atoms with van der Waals surface area (Å²) >= 11 is 0. The molecule has 2 amide bonds. The van der Waals surface area contributed by atoms with Crippen LogP contribution in [0.5, 0.6) is 5.75 Å². The molecule has 0 aliphatic heterocycles. The van der Waals surface area contributed by atoms with Crippen molar-refractivity contribution < 1.29 is 18.7 Å². The summed E-state index contributed by atoms with van der Waals surface area (Å²) in [7, 11) is 0. The van der Waals surface area contributed by atoms with Crippen molar-refractivity contribution in [3.8, 4) is 5.75 Å². The second-order valence-corrected chi connectivity index (χ2v) is 4.31. The van der Waals surface area contributed by atoms with Gasteiger partial charge >= 0.3 is 12.0 Å². The van der Waals surface area contributed by atoms with Crippen molar-refractivity contribution in [2.75, 3.05) is 11.9 Å². The standard InChI is InChI=1S/C15H16N2O4/c1-2-7-16-15(19)17-12-4-3-5-13(9-12)21-14(18)11-6-8-20-10-11/h3-6,8-10H,2,7H2,1H3,(H2,16,17,19). The minimum absolute atomic E-state index is 0.296. The Morgan fingerprint density at radius 2 is 2.14 bits per heavy atom. The number of esters is 1. The molecule has 1 aromatic carbocycles. The van der Waals surface area contributed by atoms with E-state index in [1.165, 1.54) is 18.6 Å². The third-order valence-electron chi connectivity index (χ3n) is 2.59. The van der Waals surface area contributed by atoms with Gasteiger partial charge in [-0.25, -0.2) is 9.59 Å². The molecule has 1 aromatic heterocycles. The van der Waals surface area contributed by atoms with Crippen LogP contribution in [0.2, 0.25) is 0 Å². The van der Waals surface area contributed by atoms with E-state index in [9.17, 15) is 9.59 Å². The monoisotopic (exact) mass is 288 g/mol. The molecular formula is C15H16N2O4. The van der Waals surface area contributed by atoms with Crippen molar-refractivity contribution in [3.05, 3.63) is 48.4 Å². The molecule has 2 N–H and O–H groups in total. The minimum Gasteiger partial charge on any atom is -0.472 e. The molecule has 2 aromatic rings. The third-order valence-corrected chi connectivity index (χ3v) is 2.59. The Kier molecular flexibility index (Phi) is 4.98. The Balaban J connectivity index is 1.97. The van der Waals surface area contributed by atoms with Gasteiger partial charge in [-0.3, -0.25) is 0 Å². The second kappa shape index (κ2) is 7.14. The fourth-order valence-corrected chi connectivity index (χ4v) is 1.60. The number of furan rings is 1. The summed E-state index contributed by atoms with van der Waals surface area (Å²) in [5.41, 5.74) is 0.871. The van der Waals surface area contributed by atoms with Gasteiger partial charge in [-0.2, -0.15) is 0 Å². The quantitative estimate of drug-likeness (QED) is 0.654. The fourth-order valence-electron chi connectivity index (χ4n) is 1.60. The molecule has 0 bridgehead atoms. The maximum absolute atomic E-state index is 11.8. The largest absolute Gasteiger partial charge is 0.472 e. The van der Waals surface area contributed by atoms with Crippen LogP contribution in [-0.2, 0) is 0 Å². The van der Waals surface area contributed by atoms with Crippen LogP contribution in [0.3, 0.4) is 0 Å². The Morgan fingerprint density at radius 3 is 2.86 bits per heavy atom. The number of nitrogens with one attached hydrogen (secondary N) is 2. The number of hydrogen-bond donors (Lipinski definition) is 2. The molecule has 0 unspecified atom stereocenters. The third kappa shape index (κ3) is 4.38. The molecule has 0 aliphatic rings. The molecule has 6 nitrogen and oxygen atoms in total. The van der Waals surface area contributed by atoms with Crippen LogP contribution in [0.15, 0.2) is 47.3 Å². The summed E-state index contributed by atoms with van der Waals surface area (Å²) in [6.07, 6.45) is 3.56. The van der Waals surface area contributed by atoms with Gasteiger partial charge in [0.05, 0.1) is 11.8 Å². The average molecular weight is 288 g/mol. The highest BCUT2D eigenvalue weighted by Gasteiger charge is 2.10. The van der Waals surface area contributed by atoms with Gasteiger partial charge in [-0.05, 0) is 24.6 Å². The van der Waals surface area contributed by atoms with Crippen LogP contribution in [0.1, 0.15) is 23.7 Å². The van der Waals surface area contributed by atoms with Crippen LogP contribution in [0, 0.1) is 0 Å².